The Morgan fingerprint density at radius 3 is 1.01 bits per heavy atom. The number of esters is 1. The number of alkyl halides is 12. The summed E-state index contributed by atoms with van der Waals surface area (Å²) >= 11 is 0. The Morgan fingerprint density at radius 2 is 0.767 bits per heavy atom. The number of carboxylic acid groups (broad SMARTS) is 1. The first kappa shape index (κ1) is 61.3. The number of hydrogen-bond donors (Lipinski definition) is 3. The van der Waals surface area contributed by atoms with E-state index >= 15 is 0 Å². The fourth-order valence-electron chi connectivity index (χ4n) is 8.72. The smallest absolute Gasteiger partial charge is 0.438 e. The lowest BCUT2D eigenvalue weighted by Crippen LogP contribution is -2.55. The highest BCUT2D eigenvalue weighted by Crippen LogP contribution is 2.45. The van der Waals surface area contributed by atoms with Crippen molar-refractivity contribution in [1.82, 2.24) is 0 Å². The van der Waals surface area contributed by atoms with Crippen molar-refractivity contribution in [3.63, 3.8) is 0 Å². The van der Waals surface area contributed by atoms with Crippen molar-refractivity contribution in [1.29, 1.82) is 0 Å². The van der Waals surface area contributed by atoms with Gasteiger partial charge in [0.2, 0.25) is 0 Å². The SMILES string of the molecule is CCC(CC)(c1ccc(C#CC(O)(C(F)(F)F)C(F)(F)F)c(C)c1)c1ccc(CCC(=O)O)c(C)c1.CCC(CC)(c1ccc(C#CC(O)(C(F)(F)F)C(F)(F)F)c(C)c1)c1ccc(CCC(=O)OC)c(C)c1. The number of methoxy groups -OCH3 is 1. The van der Waals surface area contributed by atoms with E-state index in [2.05, 4.69) is 0 Å². The van der Waals surface area contributed by atoms with Gasteiger partial charge in [-0.1, -0.05) is 100 Å². The van der Waals surface area contributed by atoms with E-state index in [9.17, 15) is 72.5 Å². The van der Waals surface area contributed by atoms with Gasteiger partial charge in [-0.3, -0.25) is 9.59 Å². The summed E-state index contributed by atoms with van der Waals surface area (Å²) < 4.78 is 160. The van der Waals surface area contributed by atoms with Gasteiger partial charge >= 0.3 is 47.8 Å². The first-order valence-electron chi connectivity index (χ1n) is 23.1. The number of rotatable bonds is 14. The van der Waals surface area contributed by atoms with Crippen molar-refractivity contribution in [2.24, 2.45) is 0 Å². The molecule has 0 radical (unpaired) electrons. The Morgan fingerprint density at radius 1 is 0.479 bits per heavy atom. The summed E-state index contributed by atoms with van der Waals surface area (Å²) in [5.74, 6) is 4.58. The number of aryl methyl sites for hydroxylation is 6. The number of benzene rings is 4. The molecule has 0 atom stereocenters. The molecule has 0 heterocycles. The summed E-state index contributed by atoms with van der Waals surface area (Å²) in [6.07, 6.45) is -20.2. The van der Waals surface area contributed by atoms with E-state index in [1.165, 1.54) is 26.2 Å². The number of halogens is 12. The number of carbonyl (C=O) groups excluding carboxylic acids is 1. The van der Waals surface area contributed by atoms with Gasteiger partial charge in [-0.2, -0.15) is 52.7 Å². The third-order valence-corrected chi connectivity index (χ3v) is 13.6. The van der Waals surface area contributed by atoms with Gasteiger partial charge in [0, 0.05) is 34.8 Å². The molecule has 0 aromatic heterocycles. The summed E-state index contributed by atoms with van der Waals surface area (Å²) in [6, 6.07) is 21.2. The maximum absolute atomic E-state index is 13.0. The van der Waals surface area contributed by atoms with Crippen LogP contribution in [-0.4, -0.2) is 70.3 Å². The Labute approximate surface area is 417 Å². The third kappa shape index (κ3) is 13.4. The second kappa shape index (κ2) is 23.5. The second-order valence-electron chi connectivity index (χ2n) is 17.8. The molecule has 4 aromatic rings. The largest absolute Gasteiger partial charge is 0.481 e. The molecule has 4 rings (SSSR count). The molecular weight excluding hydrogens is 985 g/mol. The summed E-state index contributed by atoms with van der Waals surface area (Å²) in [7, 11) is 1.33. The molecule has 0 spiro atoms. The van der Waals surface area contributed by atoms with Crippen LogP contribution in [0.4, 0.5) is 52.7 Å². The van der Waals surface area contributed by atoms with Crippen molar-refractivity contribution >= 4 is 11.9 Å². The van der Waals surface area contributed by atoms with Crippen molar-refractivity contribution < 1.29 is 82.3 Å². The van der Waals surface area contributed by atoms with Crippen LogP contribution in [0.5, 0.6) is 0 Å². The van der Waals surface area contributed by atoms with Gasteiger partial charge in [0.1, 0.15) is 0 Å². The first-order chi connectivity index (χ1) is 33.6. The zero-order valence-corrected chi connectivity index (χ0v) is 41.7. The van der Waals surface area contributed by atoms with Crippen LogP contribution in [0.2, 0.25) is 0 Å². The van der Waals surface area contributed by atoms with Crippen molar-refractivity contribution in [2.45, 2.75) is 153 Å². The lowest BCUT2D eigenvalue weighted by molar-refractivity contribution is -0.344. The third-order valence-electron chi connectivity index (χ3n) is 13.6. The number of carboxylic acids is 1. The number of aliphatic carboxylic acids is 1. The average molecular weight is 1040 g/mol. The van der Waals surface area contributed by atoms with E-state index in [1.54, 1.807) is 31.2 Å². The van der Waals surface area contributed by atoms with Gasteiger partial charge in [0.05, 0.1) is 7.11 Å². The topological polar surface area (TPSA) is 104 Å². The molecular formula is C55H58F12O6. The zero-order valence-electron chi connectivity index (χ0n) is 41.7. The average Bonchev–Trinajstić information content (AvgIpc) is 3.30. The van der Waals surface area contributed by atoms with E-state index < -0.39 is 52.7 Å². The molecule has 0 aliphatic rings. The van der Waals surface area contributed by atoms with Crippen LogP contribution < -0.4 is 0 Å². The van der Waals surface area contributed by atoms with Crippen molar-refractivity contribution in [2.75, 3.05) is 7.11 Å². The molecule has 0 aliphatic heterocycles. The van der Waals surface area contributed by atoms with Crippen LogP contribution >= 0.6 is 0 Å². The molecule has 0 saturated carbocycles. The van der Waals surface area contributed by atoms with Crippen LogP contribution in [0.3, 0.4) is 0 Å². The standard InChI is InChI=1S/C28H30F6O3.C27H28F6O3/c1-6-25(7-2,22-11-8-20(18(3)16-22)10-13-24(35)37-5)23-12-9-21(19(4)17-23)14-15-26(36,27(29,30)31)28(32,33)34;1-5-24(6-2,21-10-7-19(17(3)15-21)9-12-23(34)35)22-11-8-20(18(4)16-22)13-14-25(36,26(28,29)30)27(31,32)33/h8-9,11-12,16-17,36H,6-7,10,13H2,1-5H3;7-8,10-11,15-16,36H,5-6,9,12H2,1-4H3,(H,34,35). The minimum Gasteiger partial charge on any atom is -0.481 e. The lowest BCUT2D eigenvalue weighted by Gasteiger charge is -2.34. The highest BCUT2D eigenvalue weighted by molar-refractivity contribution is 5.69. The molecule has 4 aromatic carbocycles. The maximum Gasteiger partial charge on any atom is 0.438 e. The quantitative estimate of drug-likeness (QED) is 0.0660. The molecule has 18 heteroatoms. The molecule has 0 amide bonds. The molecule has 6 nitrogen and oxygen atoms in total. The molecule has 0 aliphatic carbocycles. The van der Waals surface area contributed by atoms with Crippen molar-refractivity contribution in [3.8, 4) is 23.7 Å². The molecule has 0 bridgehead atoms. The van der Waals surface area contributed by atoms with Crippen LogP contribution in [0.15, 0.2) is 72.8 Å². The number of ether oxygens (including phenoxy) is 1. The fraction of sp³-hybridized carbons (Fsp3) is 0.455. The highest BCUT2D eigenvalue weighted by Gasteiger charge is 2.71. The number of hydrogen-bond acceptors (Lipinski definition) is 5. The van der Waals surface area contributed by atoms with Gasteiger partial charge in [-0.25, -0.2) is 0 Å². The number of carbonyl (C=O) groups is 2. The summed E-state index contributed by atoms with van der Waals surface area (Å²) in [5.41, 5.74) is -3.15. The molecule has 0 unspecified atom stereocenters. The first-order valence-corrected chi connectivity index (χ1v) is 23.1. The van der Waals surface area contributed by atoms with Crippen LogP contribution in [0.1, 0.15) is 133 Å². The second-order valence-corrected chi connectivity index (χ2v) is 17.8. The Hall–Kier alpha value is -5.98. The van der Waals surface area contributed by atoms with E-state index in [-0.39, 0.29) is 29.9 Å². The highest BCUT2D eigenvalue weighted by atomic mass is 19.4. The Bertz CT molecular complexity index is 2690. The summed E-state index contributed by atoms with van der Waals surface area (Å²) in [5, 5.41) is 27.6. The van der Waals surface area contributed by atoms with Gasteiger partial charge < -0.3 is 20.1 Å². The lowest BCUT2D eigenvalue weighted by atomic mass is 9.69. The van der Waals surface area contributed by atoms with E-state index in [0.717, 1.165) is 56.3 Å². The van der Waals surface area contributed by atoms with E-state index in [0.29, 0.717) is 49.7 Å². The van der Waals surface area contributed by atoms with Gasteiger partial charge in [0.15, 0.2) is 0 Å². The number of aliphatic hydroxyl groups is 2. The molecule has 3 N–H and O–H groups in total. The fourth-order valence-corrected chi connectivity index (χ4v) is 8.72. The summed E-state index contributed by atoms with van der Waals surface area (Å²) in [6.45, 7) is 14.9. The van der Waals surface area contributed by atoms with Crippen LogP contribution in [0.25, 0.3) is 0 Å². The minimum absolute atomic E-state index is 0.00633. The van der Waals surface area contributed by atoms with E-state index in [4.69, 9.17) is 9.84 Å². The van der Waals surface area contributed by atoms with Crippen LogP contribution in [0, 0.1) is 51.4 Å². The normalized spacial score (nSPS) is 12.7. The van der Waals surface area contributed by atoms with Gasteiger partial charge in [-0.05, 0) is 146 Å². The Balaban J connectivity index is 0.000000385. The minimum atomic E-state index is -6.01. The summed E-state index contributed by atoms with van der Waals surface area (Å²) in [4.78, 5) is 22.4. The molecule has 0 fully saturated rings. The van der Waals surface area contributed by atoms with Gasteiger partial charge in [0.25, 0.3) is 0 Å². The Kier molecular flexibility index (Phi) is 19.7. The van der Waals surface area contributed by atoms with Crippen LogP contribution in [-0.2, 0) is 38.0 Å². The van der Waals surface area contributed by atoms with Crippen molar-refractivity contribution in [3.05, 3.63) is 140 Å². The van der Waals surface area contributed by atoms with E-state index in [1.807, 2.05) is 89.8 Å². The maximum atomic E-state index is 13.0. The predicted octanol–water partition coefficient (Wildman–Crippen LogP) is 13.4. The molecule has 0 saturated heterocycles. The van der Waals surface area contributed by atoms with Gasteiger partial charge in [-0.15, -0.1) is 0 Å². The molecule has 398 valence electrons. The predicted molar refractivity (Wildman–Crippen MR) is 252 cm³/mol. The molecule has 73 heavy (non-hydrogen) atoms. The zero-order chi connectivity index (χ0) is 55.8. The monoisotopic (exact) mass is 1040 g/mol.